The van der Waals surface area contributed by atoms with E-state index in [4.69, 9.17) is 0 Å². The molecule has 0 saturated carbocycles. The van der Waals surface area contributed by atoms with Crippen molar-refractivity contribution in [3.05, 3.63) is 53.6 Å². The monoisotopic (exact) mass is 323 g/mol. The Morgan fingerprint density at radius 3 is 2.50 bits per heavy atom. The van der Waals surface area contributed by atoms with Crippen molar-refractivity contribution in [2.75, 3.05) is 4.90 Å². The first-order valence-electron chi connectivity index (χ1n) is 7.12. The summed E-state index contributed by atoms with van der Waals surface area (Å²) in [6.07, 6.45) is 4.11. The van der Waals surface area contributed by atoms with Crippen LogP contribution in [0.15, 0.2) is 36.8 Å². The first-order chi connectivity index (χ1) is 11.4. The number of amides is 2. The molecule has 1 aliphatic rings. The largest absolute Gasteiger partial charge is 0.505 e. The zero-order valence-electron chi connectivity index (χ0n) is 13.0. The molecule has 1 N–H and O–H groups in total. The number of aliphatic hydroxyl groups is 1. The Hall–Kier alpha value is -3.35. The molecular formula is C17H13N3O4. The molecule has 1 aliphatic heterocycles. The molecule has 0 radical (unpaired) electrons. The molecule has 2 amide bonds. The second-order valence-electron chi connectivity index (χ2n) is 5.26. The highest BCUT2D eigenvalue weighted by atomic mass is 16.3. The van der Waals surface area contributed by atoms with Gasteiger partial charge in [0.1, 0.15) is 5.69 Å². The molecule has 0 atom stereocenters. The number of Topliss-reactive ketones (excluding diaryl/α,β-unsaturated/α-hetero) is 1. The minimum atomic E-state index is -0.665. The molecule has 120 valence electrons. The van der Waals surface area contributed by atoms with E-state index in [2.05, 4.69) is 9.97 Å². The van der Waals surface area contributed by atoms with Gasteiger partial charge in [-0.05, 0) is 25.1 Å². The van der Waals surface area contributed by atoms with Crippen LogP contribution in [-0.4, -0.2) is 32.7 Å². The lowest BCUT2D eigenvalue weighted by Crippen LogP contribution is -2.31. The van der Waals surface area contributed by atoms with E-state index in [1.54, 1.807) is 0 Å². The lowest BCUT2D eigenvalue weighted by atomic mass is 10.0. The summed E-state index contributed by atoms with van der Waals surface area (Å²) in [4.78, 5) is 44.9. The van der Waals surface area contributed by atoms with Gasteiger partial charge in [-0.2, -0.15) is 0 Å². The maximum Gasteiger partial charge on any atom is 0.269 e. The van der Waals surface area contributed by atoms with Gasteiger partial charge in [-0.15, -0.1) is 0 Å². The van der Waals surface area contributed by atoms with Gasteiger partial charge < -0.3 is 5.11 Å². The predicted octanol–water partition coefficient (Wildman–Crippen LogP) is 2.00. The third-order valence-corrected chi connectivity index (χ3v) is 3.69. The maximum absolute atomic E-state index is 12.7. The van der Waals surface area contributed by atoms with Gasteiger partial charge in [-0.1, -0.05) is 0 Å². The Morgan fingerprint density at radius 1 is 1.17 bits per heavy atom. The Kier molecular flexibility index (Phi) is 3.69. The average Bonchev–Trinajstić information content (AvgIpc) is 2.86. The van der Waals surface area contributed by atoms with E-state index in [9.17, 15) is 19.5 Å². The third kappa shape index (κ3) is 2.36. The maximum atomic E-state index is 12.7. The Morgan fingerprint density at radius 2 is 1.92 bits per heavy atom. The Bertz CT molecular complexity index is 903. The van der Waals surface area contributed by atoms with E-state index < -0.39 is 11.8 Å². The molecule has 2 heterocycles. The zero-order valence-corrected chi connectivity index (χ0v) is 13.0. The van der Waals surface area contributed by atoms with Gasteiger partial charge in [0, 0.05) is 30.4 Å². The first-order valence-corrected chi connectivity index (χ1v) is 7.12. The molecule has 0 aliphatic carbocycles. The smallest absolute Gasteiger partial charge is 0.269 e. The summed E-state index contributed by atoms with van der Waals surface area (Å²) >= 11 is 0. The SMILES string of the molecule is CC(=O)c1ccc2c(c1)C(=C(O)c1cnccn1)C(=O)N2C(C)=O. The van der Waals surface area contributed by atoms with Gasteiger partial charge in [0.2, 0.25) is 5.91 Å². The molecule has 0 saturated heterocycles. The van der Waals surface area contributed by atoms with Crippen molar-refractivity contribution >= 4 is 34.6 Å². The van der Waals surface area contributed by atoms with Gasteiger partial charge in [0.05, 0.1) is 17.5 Å². The van der Waals surface area contributed by atoms with Gasteiger partial charge in [-0.3, -0.25) is 19.4 Å². The molecular weight excluding hydrogens is 310 g/mol. The highest BCUT2D eigenvalue weighted by Crippen LogP contribution is 2.40. The number of carbonyl (C=O) groups excluding carboxylic acids is 3. The van der Waals surface area contributed by atoms with Crippen LogP contribution in [0.25, 0.3) is 11.3 Å². The Labute approximate surface area is 137 Å². The number of aliphatic hydroxyl groups excluding tert-OH is 1. The van der Waals surface area contributed by atoms with Crippen molar-refractivity contribution in [2.45, 2.75) is 13.8 Å². The predicted molar refractivity (Wildman–Crippen MR) is 86.1 cm³/mol. The topological polar surface area (TPSA) is 100 Å². The fourth-order valence-electron chi connectivity index (χ4n) is 2.58. The summed E-state index contributed by atoms with van der Waals surface area (Å²) in [5.74, 6) is -1.73. The number of benzene rings is 1. The fraction of sp³-hybridized carbons (Fsp3) is 0.118. The third-order valence-electron chi connectivity index (χ3n) is 3.69. The molecule has 1 aromatic carbocycles. The number of hydrogen-bond acceptors (Lipinski definition) is 6. The lowest BCUT2D eigenvalue weighted by molar-refractivity contribution is -0.122. The number of anilines is 1. The number of carbonyl (C=O) groups is 3. The quantitative estimate of drug-likeness (QED) is 0.515. The Balaban J connectivity index is 2.29. The average molecular weight is 323 g/mol. The summed E-state index contributed by atoms with van der Waals surface area (Å²) in [7, 11) is 0. The number of nitrogens with zero attached hydrogens (tertiary/aromatic N) is 3. The van der Waals surface area contributed by atoms with Crippen LogP contribution in [0.3, 0.4) is 0 Å². The van der Waals surface area contributed by atoms with Crippen LogP contribution in [0.5, 0.6) is 0 Å². The molecule has 0 bridgehead atoms. The van der Waals surface area contributed by atoms with Crippen molar-refractivity contribution in [3.8, 4) is 0 Å². The van der Waals surface area contributed by atoms with Crippen LogP contribution >= 0.6 is 0 Å². The molecule has 1 aromatic heterocycles. The van der Waals surface area contributed by atoms with E-state index in [0.29, 0.717) is 16.8 Å². The number of ketones is 1. The van der Waals surface area contributed by atoms with E-state index in [1.807, 2.05) is 0 Å². The molecule has 0 spiro atoms. The number of fused-ring (bicyclic) bond motifs is 1. The summed E-state index contributed by atoms with van der Waals surface area (Å²) in [6.45, 7) is 2.65. The van der Waals surface area contributed by atoms with E-state index in [0.717, 1.165) is 4.90 Å². The van der Waals surface area contributed by atoms with Crippen LogP contribution in [0.2, 0.25) is 0 Å². The number of rotatable bonds is 2. The summed E-state index contributed by atoms with van der Waals surface area (Å²) in [6, 6.07) is 4.54. The number of hydrogen-bond donors (Lipinski definition) is 1. The number of imide groups is 1. The van der Waals surface area contributed by atoms with Crippen LogP contribution < -0.4 is 4.90 Å². The van der Waals surface area contributed by atoms with Gasteiger partial charge in [-0.25, -0.2) is 9.88 Å². The van der Waals surface area contributed by atoms with Crippen molar-refractivity contribution in [2.24, 2.45) is 0 Å². The normalized spacial score (nSPS) is 15.2. The second kappa shape index (κ2) is 5.69. The van der Waals surface area contributed by atoms with Gasteiger partial charge >= 0.3 is 0 Å². The molecule has 0 unspecified atom stereocenters. The van der Waals surface area contributed by atoms with Crippen molar-refractivity contribution in [1.29, 1.82) is 0 Å². The van der Waals surface area contributed by atoms with Gasteiger partial charge in [0.25, 0.3) is 5.91 Å². The zero-order chi connectivity index (χ0) is 17.4. The summed E-state index contributed by atoms with van der Waals surface area (Å²) in [5, 5.41) is 10.5. The minimum Gasteiger partial charge on any atom is -0.505 e. The summed E-state index contributed by atoms with van der Waals surface area (Å²) < 4.78 is 0. The lowest BCUT2D eigenvalue weighted by Gasteiger charge is -2.12. The first kappa shape index (κ1) is 15.5. The second-order valence-corrected chi connectivity index (χ2v) is 5.26. The van der Waals surface area contributed by atoms with Crippen LogP contribution in [-0.2, 0) is 9.59 Å². The van der Waals surface area contributed by atoms with Crippen molar-refractivity contribution in [3.63, 3.8) is 0 Å². The standard InChI is InChI=1S/C17H13N3O4/c1-9(21)11-3-4-14-12(7-11)15(17(24)20(14)10(2)22)16(23)13-8-18-5-6-19-13/h3-8,23H,1-2H3. The van der Waals surface area contributed by atoms with Crippen molar-refractivity contribution < 1.29 is 19.5 Å². The van der Waals surface area contributed by atoms with Crippen LogP contribution in [0.4, 0.5) is 5.69 Å². The molecule has 0 fully saturated rings. The minimum absolute atomic E-state index is 0.0798. The summed E-state index contributed by atoms with van der Waals surface area (Å²) in [5.41, 5.74) is 1.03. The van der Waals surface area contributed by atoms with E-state index >= 15 is 0 Å². The number of aromatic nitrogens is 2. The highest BCUT2D eigenvalue weighted by molar-refractivity contribution is 6.42. The molecule has 3 rings (SSSR count). The van der Waals surface area contributed by atoms with Crippen molar-refractivity contribution in [1.82, 2.24) is 9.97 Å². The van der Waals surface area contributed by atoms with Crippen LogP contribution in [0, 0.1) is 0 Å². The molecule has 7 heteroatoms. The molecule has 24 heavy (non-hydrogen) atoms. The molecule has 7 nitrogen and oxygen atoms in total. The van der Waals surface area contributed by atoms with E-state index in [-0.39, 0.29) is 22.8 Å². The van der Waals surface area contributed by atoms with Gasteiger partial charge in [0.15, 0.2) is 11.5 Å². The molecule has 2 aromatic rings. The fourth-order valence-corrected chi connectivity index (χ4v) is 2.58. The van der Waals surface area contributed by atoms with Crippen LogP contribution in [0.1, 0.15) is 35.5 Å². The van der Waals surface area contributed by atoms with E-state index in [1.165, 1.54) is 50.6 Å². The highest BCUT2D eigenvalue weighted by Gasteiger charge is 2.38.